The van der Waals surface area contributed by atoms with Crippen molar-refractivity contribution in [3.63, 3.8) is 0 Å². The lowest BCUT2D eigenvalue weighted by atomic mass is 10.0. The third-order valence-corrected chi connectivity index (χ3v) is 3.41. The van der Waals surface area contributed by atoms with Gasteiger partial charge >= 0.3 is 0 Å². The van der Waals surface area contributed by atoms with E-state index in [1.807, 2.05) is 6.92 Å². The minimum absolute atomic E-state index is 0.268. The van der Waals surface area contributed by atoms with Gasteiger partial charge in [-0.15, -0.1) is 5.10 Å². The van der Waals surface area contributed by atoms with Crippen LogP contribution in [0.15, 0.2) is 17.5 Å². The topological polar surface area (TPSA) is 37.8 Å². The van der Waals surface area contributed by atoms with Crippen LogP contribution < -0.4 is 5.32 Å². The minimum atomic E-state index is -0.818. The Balaban J connectivity index is 2.41. The quantitative estimate of drug-likeness (QED) is 0.915. The number of aryl methyl sites for hydroxylation is 1. The van der Waals surface area contributed by atoms with Gasteiger partial charge in [0.2, 0.25) is 0 Å². The van der Waals surface area contributed by atoms with Crippen LogP contribution in [0, 0.1) is 18.6 Å². The molecule has 0 saturated heterocycles. The Kier molecular flexibility index (Phi) is 4.55. The van der Waals surface area contributed by atoms with Gasteiger partial charge in [-0.1, -0.05) is 23.5 Å². The summed E-state index contributed by atoms with van der Waals surface area (Å²) in [7, 11) is 0. The molecule has 1 aromatic heterocycles. The zero-order valence-corrected chi connectivity index (χ0v) is 11.6. The van der Waals surface area contributed by atoms with Crippen LogP contribution in [0.1, 0.15) is 36.2 Å². The zero-order valence-electron chi connectivity index (χ0n) is 10.8. The second-order valence-electron chi connectivity index (χ2n) is 4.32. The fourth-order valence-corrected chi connectivity index (χ4v) is 2.32. The number of aromatic nitrogens is 2. The predicted octanol–water partition coefficient (Wildman–Crippen LogP) is 3.21. The molecule has 0 amide bonds. The molecule has 2 aromatic rings. The molecule has 1 N–H and O–H groups in total. The largest absolute Gasteiger partial charge is 0.305 e. The fourth-order valence-electron chi connectivity index (χ4n) is 1.84. The summed E-state index contributed by atoms with van der Waals surface area (Å²) >= 11 is 1.19. The standard InChI is InChI=1S/C13H15F2N3S/c1-3-6-16-13(10-7-19-18-17-10)9-5-4-8(2)11(14)12(9)15/h4-5,7,13,16H,3,6H2,1-2H3. The monoisotopic (exact) mass is 283 g/mol. The van der Waals surface area contributed by atoms with Crippen molar-refractivity contribution in [1.29, 1.82) is 0 Å². The van der Waals surface area contributed by atoms with E-state index in [9.17, 15) is 8.78 Å². The van der Waals surface area contributed by atoms with Crippen molar-refractivity contribution in [1.82, 2.24) is 14.9 Å². The molecule has 0 aliphatic heterocycles. The molecule has 0 aliphatic rings. The highest BCUT2D eigenvalue weighted by molar-refractivity contribution is 7.03. The lowest BCUT2D eigenvalue weighted by Crippen LogP contribution is -2.25. The molecule has 1 aromatic carbocycles. The summed E-state index contributed by atoms with van der Waals surface area (Å²) < 4.78 is 31.5. The van der Waals surface area contributed by atoms with Gasteiger partial charge in [-0.3, -0.25) is 0 Å². The molecule has 0 bridgehead atoms. The summed E-state index contributed by atoms with van der Waals surface area (Å²) in [6.45, 7) is 4.24. The second-order valence-corrected chi connectivity index (χ2v) is 4.93. The number of halogens is 2. The minimum Gasteiger partial charge on any atom is -0.305 e. The first-order chi connectivity index (χ1) is 9.15. The van der Waals surface area contributed by atoms with Gasteiger partial charge < -0.3 is 5.32 Å². The number of nitrogens with one attached hydrogen (secondary N) is 1. The number of hydrogen-bond acceptors (Lipinski definition) is 4. The average Bonchev–Trinajstić information content (AvgIpc) is 2.92. The van der Waals surface area contributed by atoms with Crippen LogP contribution in [-0.2, 0) is 0 Å². The van der Waals surface area contributed by atoms with E-state index in [1.165, 1.54) is 11.5 Å². The Morgan fingerprint density at radius 1 is 1.32 bits per heavy atom. The highest BCUT2D eigenvalue weighted by Crippen LogP contribution is 2.26. The highest BCUT2D eigenvalue weighted by Gasteiger charge is 2.22. The second kappa shape index (κ2) is 6.16. The molecule has 1 heterocycles. The van der Waals surface area contributed by atoms with Crippen LogP contribution in [0.4, 0.5) is 8.78 Å². The zero-order chi connectivity index (χ0) is 13.8. The number of rotatable bonds is 5. The van der Waals surface area contributed by atoms with Crippen molar-refractivity contribution in [3.8, 4) is 0 Å². The van der Waals surface area contributed by atoms with E-state index in [4.69, 9.17) is 0 Å². The average molecular weight is 283 g/mol. The maximum absolute atomic E-state index is 14.1. The van der Waals surface area contributed by atoms with Gasteiger partial charge in [0.15, 0.2) is 11.6 Å². The van der Waals surface area contributed by atoms with Gasteiger partial charge in [0.25, 0.3) is 0 Å². The van der Waals surface area contributed by atoms with E-state index < -0.39 is 17.7 Å². The number of benzene rings is 1. The van der Waals surface area contributed by atoms with Crippen molar-refractivity contribution in [2.45, 2.75) is 26.3 Å². The van der Waals surface area contributed by atoms with Crippen molar-refractivity contribution in [2.24, 2.45) is 0 Å². The normalized spacial score (nSPS) is 12.6. The molecule has 0 radical (unpaired) electrons. The molecule has 6 heteroatoms. The first-order valence-corrected chi connectivity index (χ1v) is 6.93. The molecular weight excluding hydrogens is 268 g/mol. The third kappa shape index (κ3) is 2.96. The molecule has 102 valence electrons. The van der Waals surface area contributed by atoms with E-state index in [0.717, 1.165) is 6.42 Å². The van der Waals surface area contributed by atoms with E-state index in [1.54, 1.807) is 24.4 Å². The molecule has 1 atom stereocenters. The first kappa shape index (κ1) is 14.0. The van der Waals surface area contributed by atoms with Crippen molar-refractivity contribution in [3.05, 3.63) is 46.0 Å². The third-order valence-electron chi connectivity index (χ3n) is 2.89. The summed E-state index contributed by atoms with van der Waals surface area (Å²) in [6.07, 6.45) is 0.893. The molecule has 0 fully saturated rings. The smallest absolute Gasteiger partial charge is 0.164 e. The van der Waals surface area contributed by atoms with Crippen molar-refractivity contribution >= 4 is 11.5 Å². The van der Waals surface area contributed by atoms with Gasteiger partial charge in [-0.2, -0.15) is 0 Å². The van der Waals surface area contributed by atoms with Crippen molar-refractivity contribution in [2.75, 3.05) is 6.54 Å². The molecular formula is C13H15F2N3S. The molecule has 0 saturated carbocycles. The fraction of sp³-hybridized carbons (Fsp3) is 0.385. The maximum Gasteiger partial charge on any atom is 0.164 e. The first-order valence-electron chi connectivity index (χ1n) is 6.10. The van der Waals surface area contributed by atoms with E-state index in [-0.39, 0.29) is 5.56 Å². The summed E-state index contributed by atoms with van der Waals surface area (Å²) in [6, 6.07) is 2.71. The van der Waals surface area contributed by atoms with E-state index in [2.05, 4.69) is 14.9 Å². The summed E-state index contributed by atoms with van der Waals surface area (Å²) in [5.41, 5.74) is 1.18. The molecule has 19 heavy (non-hydrogen) atoms. The summed E-state index contributed by atoms with van der Waals surface area (Å²) in [5, 5.41) is 8.87. The molecule has 1 unspecified atom stereocenters. The van der Waals surface area contributed by atoms with Crippen LogP contribution in [0.2, 0.25) is 0 Å². The van der Waals surface area contributed by atoms with Crippen LogP contribution in [-0.4, -0.2) is 16.1 Å². The van der Waals surface area contributed by atoms with Gasteiger partial charge in [0.1, 0.15) is 0 Å². The molecule has 0 spiro atoms. The van der Waals surface area contributed by atoms with Crippen LogP contribution in [0.3, 0.4) is 0 Å². The van der Waals surface area contributed by atoms with Crippen LogP contribution >= 0.6 is 11.5 Å². The molecule has 0 aliphatic carbocycles. The van der Waals surface area contributed by atoms with E-state index >= 15 is 0 Å². The van der Waals surface area contributed by atoms with E-state index in [0.29, 0.717) is 17.8 Å². The Bertz CT molecular complexity index is 543. The highest BCUT2D eigenvalue weighted by atomic mass is 32.1. The van der Waals surface area contributed by atoms with Crippen LogP contribution in [0.5, 0.6) is 0 Å². The Morgan fingerprint density at radius 2 is 2.11 bits per heavy atom. The number of hydrogen-bond donors (Lipinski definition) is 1. The summed E-state index contributed by atoms with van der Waals surface area (Å²) in [4.78, 5) is 0. The Labute approximate surface area is 114 Å². The lowest BCUT2D eigenvalue weighted by molar-refractivity contribution is 0.473. The van der Waals surface area contributed by atoms with Gasteiger partial charge in [0, 0.05) is 10.9 Å². The molecule has 3 nitrogen and oxygen atoms in total. The van der Waals surface area contributed by atoms with Gasteiger partial charge in [-0.05, 0) is 37.0 Å². The molecule has 2 rings (SSSR count). The van der Waals surface area contributed by atoms with Crippen molar-refractivity contribution < 1.29 is 8.78 Å². The Hall–Kier alpha value is -1.40. The van der Waals surface area contributed by atoms with Crippen LogP contribution in [0.25, 0.3) is 0 Å². The predicted molar refractivity (Wildman–Crippen MR) is 71.1 cm³/mol. The SMILES string of the molecule is CCCNC(c1csnn1)c1ccc(C)c(F)c1F. The Morgan fingerprint density at radius 3 is 2.74 bits per heavy atom. The van der Waals surface area contributed by atoms with Gasteiger partial charge in [-0.25, -0.2) is 8.78 Å². The maximum atomic E-state index is 14.1. The lowest BCUT2D eigenvalue weighted by Gasteiger charge is -2.18. The number of nitrogens with zero attached hydrogens (tertiary/aromatic N) is 2. The van der Waals surface area contributed by atoms with Gasteiger partial charge in [0.05, 0.1) is 11.7 Å². The summed E-state index contributed by atoms with van der Waals surface area (Å²) in [5.74, 6) is -1.62.